The summed E-state index contributed by atoms with van der Waals surface area (Å²) in [5.74, 6) is -1.10. The summed E-state index contributed by atoms with van der Waals surface area (Å²) in [6.07, 6.45) is -0.718. The third-order valence-electron chi connectivity index (χ3n) is 0.783. The Labute approximate surface area is 70.7 Å². The molecule has 0 saturated heterocycles. The highest BCUT2D eigenvalue weighted by Crippen LogP contribution is 2.05. The summed E-state index contributed by atoms with van der Waals surface area (Å²) in [6.45, 7) is 4.68. The number of carbonyl (C=O) groups excluding carboxylic acids is 1. The van der Waals surface area contributed by atoms with Gasteiger partial charge in [0.05, 0.1) is 0 Å². The highest BCUT2D eigenvalue weighted by molar-refractivity contribution is 5.76. The van der Waals surface area contributed by atoms with Crippen LogP contribution in [0.4, 0.5) is 4.79 Å². The number of hydrogen-bond donors (Lipinski definition) is 2. The number of nitrogens with one attached hydrogen (secondary N) is 1. The number of alkyl carbamates (subject to hydrolysis) is 1. The van der Waals surface area contributed by atoms with Crippen LogP contribution in [0.5, 0.6) is 0 Å². The van der Waals surface area contributed by atoms with Crippen LogP contribution in [-0.4, -0.2) is 29.3 Å². The van der Waals surface area contributed by atoms with Crippen molar-refractivity contribution in [2.24, 2.45) is 0 Å². The Bertz CT molecular complexity index is 182. The van der Waals surface area contributed by atoms with Gasteiger partial charge in [-0.15, -0.1) is 0 Å². The van der Waals surface area contributed by atoms with Crippen molar-refractivity contribution in [3.8, 4) is 0 Å². The molecule has 70 valence electrons. The lowest BCUT2D eigenvalue weighted by Gasteiger charge is -2.19. The molecule has 0 atom stereocenters. The molecule has 0 rings (SSSR count). The lowest BCUT2D eigenvalue weighted by Crippen LogP contribution is -2.35. The van der Waals surface area contributed by atoms with Gasteiger partial charge in [0.15, 0.2) is 0 Å². The second-order valence-electron chi connectivity index (χ2n) is 3.25. The van der Waals surface area contributed by atoms with Crippen molar-refractivity contribution < 1.29 is 19.4 Å². The van der Waals surface area contributed by atoms with Gasteiger partial charge in [0, 0.05) is 0 Å². The lowest BCUT2D eigenvalue weighted by atomic mass is 10.2. The average molecular weight is 177 g/mol. The summed E-state index contributed by atoms with van der Waals surface area (Å²) in [4.78, 5) is 20.8. The summed E-state index contributed by atoms with van der Waals surface area (Å²) in [5, 5.41) is 10.3. The molecule has 0 unspecified atom stereocenters. The first-order valence-corrected chi connectivity index (χ1v) is 3.50. The van der Waals surface area contributed by atoms with Crippen LogP contribution in [-0.2, 0) is 9.53 Å². The van der Waals surface area contributed by atoms with Gasteiger partial charge in [-0.2, -0.15) is 0 Å². The Kier molecular flexibility index (Phi) is 3.53. The van der Waals surface area contributed by atoms with Crippen molar-refractivity contribution >= 4 is 12.1 Å². The number of amides is 1. The van der Waals surface area contributed by atoms with E-state index in [1.54, 1.807) is 20.8 Å². The zero-order valence-electron chi connectivity index (χ0n) is 7.38. The highest BCUT2D eigenvalue weighted by Gasteiger charge is 2.15. The van der Waals surface area contributed by atoms with Gasteiger partial charge in [-0.25, -0.2) is 4.79 Å². The largest absolute Gasteiger partial charge is 0.480 e. The van der Waals surface area contributed by atoms with Crippen molar-refractivity contribution in [1.29, 1.82) is 0 Å². The summed E-state index contributed by atoms with van der Waals surface area (Å²) >= 11 is 0. The molecule has 0 heterocycles. The van der Waals surface area contributed by atoms with Gasteiger partial charge in [0.25, 0.3) is 0 Å². The fraction of sp³-hybridized carbons (Fsp3) is 0.714. The van der Waals surface area contributed by atoms with Crippen LogP contribution in [0.25, 0.3) is 0 Å². The van der Waals surface area contributed by atoms with Gasteiger partial charge >= 0.3 is 12.1 Å². The summed E-state index contributed by atoms with van der Waals surface area (Å²) < 4.78 is 4.77. The van der Waals surface area contributed by atoms with Crippen LogP contribution in [0.3, 0.4) is 0 Å². The molecule has 1 amide bonds. The van der Waals surface area contributed by atoms with Crippen molar-refractivity contribution in [1.82, 2.24) is 5.32 Å². The molecule has 5 nitrogen and oxygen atoms in total. The maximum atomic E-state index is 10.8. The second-order valence-corrected chi connectivity index (χ2v) is 3.25. The standard InChI is InChI=1S/C7H13NO4/c1-7(2,3)12-6(11)8-4-5(9)10/h4H2,1-3H3,(H,8,11)(H,9,10)/i5+1,8+1. The van der Waals surface area contributed by atoms with Crippen LogP contribution >= 0.6 is 0 Å². The fourth-order valence-corrected chi connectivity index (χ4v) is 0.462. The zero-order valence-corrected chi connectivity index (χ0v) is 7.38. The molecule has 12 heavy (non-hydrogen) atoms. The number of carbonyl (C=O) groups is 2. The third kappa shape index (κ3) is 6.85. The SMILES string of the molecule is CC(C)(C)OC(=O)[15NH]C[13C](=O)O. The van der Waals surface area contributed by atoms with E-state index < -0.39 is 24.2 Å². The Balaban J connectivity index is 3.68. The van der Waals surface area contributed by atoms with E-state index in [1.165, 1.54) is 0 Å². The maximum absolute atomic E-state index is 10.8. The molecular weight excluding hydrogens is 164 g/mol. The van der Waals surface area contributed by atoms with Gasteiger partial charge in [-0.05, 0) is 20.8 Å². The third-order valence-corrected chi connectivity index (χ3v) is 0.783. The molecule has 0 saturated carbocycles. The molecule has 0 aliphatic heterocycles. The monoisotopic (exact) mass is 177 g/mol. The van der Waals surface area contributed by atoms with E-state index in [0.29, 0.717) is 0 Å². The molecule has 0 radical (unpaired) electrons. The number of rotatable bonds is 2. The molecule has 0 aliphatic carbocycles. The number of hydrogen-bond acceptors (Lipinski definition) is 3. The molecule has 0 spiro atoms. The lowest BCUT2D eigenvalue weighted by molar-refractivity contribution is -0.136. The molecular formula is C7H13NO4. The van der Waals surface area contributed by atoms with Crippen molar-refractivity contribution in [3.05, 3.63) is 0 Å². The first-order valence-electron chi connectivity index (χ1n) is 3.50. The molecule has 2 N–H and O–H groups in total. The number of ether oxygens (including phenoxy) is 1. The molecule has 0 bridgehead atoms. The minimum absolute atomic E-state index is 0.422. The molecule has 0 aromatic carbocycles. The number of carboxylic acids is 1. The van der Waals surface area contributed by atoms with Crippen molar-refractivity contribution in [2.75, 3.05) is 6.54 Å². The molecule has 0 aromatic heterocycles. The van der Waals surface area contributed by atoms with E-state index in [9.17, 15) is 9.59 Å². The van der Waals surface area contributed by atoms with Crippen molar-refractivity contribution in [2.45, 2.75) is 26.4 Å². The van der Waals surface area contributed by atoms with Crippen LogP contribution in [0.2, 0.25) is 0 Å². The minimum Gasteiger partial charge on any atom is -0.480 e. The zero-order chi connectivity index (χ0) is 9.78. The quantitative estimate of drug-likeness (QED) is 0.478. The molecule has 0 aliphatic rings. The molecule has 0 aromatic rings. The predicted octanol–water partition coefficient (Wildman–Crippen LogP) is 0.596. The maximum Gasteiger partial charge on any atom is 0.408 e. The first-order chi connectivity index (χ1) is 5.31. The van der Waals surface area contributed by atoms with Crippen LogP contribution in [0, 0.1) is 0 Å². The Morgan fingerprint density at radius 3 is 2.25 bits per heavy atom. The van der Waals surface area contributed by atoms with E-state index in [2.05, 4.69) is 5.32 Å². The van der Waals surface area contributed by atoms with E-state index in [1.807, 2.05) is 0 Å². The van der Waals surface area contributed by atoms with Gasteiger partial charge in [0.2, 0.25) is 0 Å². The van der Waals surface area contributed by atoms with Crippen LogP contribution < -0.4 is 5.32 Å². The van der Waals surface area contributed by atoms with Gasteiger partial charge in [-0.1, -0.05) is 0 Å². The van der Waals surface area contributed by atoms with Crippen LogP contribution in [0.15, 0.2) is 0 Å². The van der Waals surface area contributed by atoms with Gasteiger partial charge in [0.1, 0.15) is 12.1 Å². The minimum atomic E-state index is -1.10. The van der Waals surface area contributed by atoms with Crippen LogP contribution in [0.1, 0.15) is 20.8 Å². The summed E-state index contributed by atoms with van der Waals surface area (Å²) in [7, 11) is 0. The highest BCUT2D eigenvalue weighted by atomic mass is 16.6. The molecule has 5 heteroatoms. The first kappa shape index (κ1) is 10.7. The second kappa shape index (κ2) is 3.94. The number of carboxylic acid groups (broad SMARTS) is 1. The van der Waals surface area contributed by atoms with E-state index in [0.717, 1.165) is 0 Å². The van der Waals surface area contributed by atoms with Gasteiger partial charge in [-0.3, -0.25) is 4.79 Å². The van der Waals surface area contributed by atoms with Gasteiger partial charge < -0.3 is 15.2 Å². The predicted molar refractivity (Wildman–Crippen MR) is 41.9 cm³/mol. The van der Waals surface area contributed by atoms with E-state index in [4.69, 9.17) is 9.84 Å². The fourth-order valence-electron chi connectivity index (χ4n) is 0.462. The Hall–Kier alpha value is -1.26. The Morgan fingerprint density at radius 2 is 1.92 bits per heavy atom. The normalized spacial score (nSPS) is 10.6. The average Bonchev–Trinajstić information content (AvgIpc) is 1.79. The van der Waals surface area contributed by atoms with E-state index >= 15 is 0 Å². The summed E-state index contributed by atoms with van der Waals surface area (Å²) in [5.41, 5.74) is -0.595. The van der Waals surface area contributed by atoms with Crippen molar-refractivity contribution in [3.63, 3.8) is 0 Å². The topological polar surface area (TPSA) is 75.6 Å². The summed E-state index contributed by atoms with van der Waals surface area (Å²) in [6, 6.07) is 0. The van der Waals surface area contributed by atoms with E-state index in [-0.39, 0.29) is 0 Å². The smallest absolute Gasteiger partial charge is 0.408 e. The molecule has 0 fully saturated rings. The Morgan fingerprint density at radius 1 is 1.42 bits per heavy atom. The number of aliphatic carboxylic acids is 1.